The monoisotopic (exact) mass is 330 g/mol. The number of carbonyl (C=O) groups excluding carboxylic acids is 1. The summed E-state index contributed by atoms with van der Waals surface area (Å²) in [5.74, 6) is -0.244. The Morgan fingerprint density at radius 3 is 2.94 bits per heavy atom. The number of thiazole rings is 1. The number of anilines is 1. The highest BCUT2D eigenvalue weighted by Gasteiger charge is 2.11. The molecule has 0 atom stereocenters. The van der Waals surface area contributed by atoms with Gasteiger partial charge in [-0.25, -0.2) is 4.98 Å². The number of carbonyl (C=O) groups is 1. The van der Waals surface area contributed by atoms with Crippen molar-refractivity contribution < 1.29 is 4.79 Å². The summed E-state index contributed by atoms with van der Waals surface area (Å²) < 4.78 is 0.794. The van der Waals surface area contributed by atoms with Crippen molar-refractivity contribution in [3.8, 4) is 0 Å². The van der Waals surface area contributed by atoms with E-state index in [1.165, 1.54) is 11.3 Å². The van der Waals surface area contributed by atoms with Crippen LogP contribution < -0.4 is 5.32 Å². The van der Waals surface area contributed by atoms with Crippen LogP contribution in [0, 0.1) is 6.92 Å². The van der Waals surface area contributed by atoms with E-state index < -0.39 is 0 Å². The van der Waals surface area contributed by atoms with Gasteiger partial charge in [-0.3, -0.25) is 4.79 Å². The first-order chi connectivity index (χ1) is 8.08. The molecule has 1 amide bonds. The van der Waals surface area contributed by atoms with Crippen LogP contribution in [-0.4, -0.2) is 10.9 Å². The summed E-state index contributed by atoms with van der Waals surface area (Å²) in [5.41, 5.74) is 3.61. The highest BCUT2D eigenvalue weighted by Crippen LogP contribution is 2.29. The Labute approximate surface area is 116 Å². The smallest absolute Gasteiger partial charge is 0.275 e. The molecule has 1 N–H and O–H groups in total. The molecule has 0 bridgehead atoms. The highest BCUT2D eigenvalue weighted by atomic mass is 79.9. The lowest BCUT2D eigenvalue weighted by Gasteiger charge is -2.08. The summed E-state index contributed by atoms with van der Waals surface area (Å²) in [6, 6.07) is 3.57. The fourth-order valence-electron chi connectivity index (χ4n) is 1.25. The third-order valence-electron chi connectivity index (χ3n) is 2.16. The van der Waals surface area contributed by atoms with E-state index in [0.717, 1.165) is 10.0 Å². The Morgan fingerprint density at radius 2 is 2.29 bits per heavy atom. The molecule has 0 aliphatic rings. The largest absolute Gasteiger partial charge is 0.320 e. The van der Waals surface area contributed by atoms with Gasteiger partial charge in [0.1, 0.15) is 5.69 Å². The minimum atomic E-state index is -0.244. The van der Waals surface area contributed by atoms with Crippen LogP contribution >= 0.6 is 38.9 Å². The lowest BCUT2D eigenvalue weighted by molar-refractivity contribution is 0.102. The van der Waals surface area contributed by atoms with Crippen molar-refractivity contribution in [2.24, 2.45) is 0 Å². The first-order valence-corrected chi connectivity index (χ1v) is 6.84. The van der Waals surface area contributed by atoms with Gasteiger partial charge in [-0.15, -0.1) is 11.3 Å². The van der Waals surface area contributed by atoms with Gasteiger partial charge in [0.25, 0.3) is 5.91 Å². The van der Waals surface area contributed by atoms with Gasteiger partial charge < -0.3 is 5.32 Å². The van der Waals surface area contributed by atoms with Gasteiger partial charge >= 0.3 is 0 Å². The molecule has 0 aliphatic heterocycles. The van der Waals surface area contributed by atoms with Gasteiger partial charge in [0, 0.05) is 14.9 Å². The molecule has 1 aromatic heterocycles. The zero-order valence-corrected chi connectivity index (χ0v) is 12.0. The van der Waals surface area contributed by atoms with Crippen molar-refractivity contribution in [1.29, 1.82) is 0 Å². The van der Waals surface area contributed by atoms with Crippen LogP contribution in [0.1, 0.15) is 16.1 Å². The summed E-state index contributed by atoms with van der Waals surface area (Å²) in [6.07, 6.45) is 0. The Balaban J connectivity index is 2.25. The number of hydrogen-bond acceptors (Lipinski definition) is 3. The number of halogens is 2. The number of nitrogens with zero attached hydrogens (tertiary/aromatic N) is 1. The first kappa shape index (κ1) is 12.5. The van der Waals surface area contributed by atoms with Gasteiger partial charge in [0.15, 0.2) is 0 Å². The van der Waals surface area contributed by atoms with Crippen LogP contribution in [-0.2, 0) is 0 Å². The number of amides is 1. The molecule has 1 heterocycles. The van der Waals surface area contributed by atoms with Crippen molar-refractivity contribution >= 4 is 50.5 Å². The molecule has 0 spiro atoms. The number of benzene rings is 1. The van der Waals surface area contributed by atoms with Gasteiger partial charge in [-0.05, 0) is 40.5 Å². The second-order valence-corrected chi connectivity index (χ2v) is 5.39. The van der Waals surface area contributed by atoms with E-state index in [4.69, 9.17) is 11.6 Å². The summed E-state index contributed by atoms with van der Waals surface area (Å²) in [4.78, 5) is 15.7. The van der Waals surface area contributed by atoms with E-state index in [0.29, 0.717) is 16.4 Å². The molecule has 0 unspecified atom stereocenters. The summed E-state index contributed by atoms with van der Waals surface area (Å²) in [7, 11) is 0. The van der Waals surface area contributed by atoms with E-state index in [1.54, 1.807) is 17.0 Å². The average Bonchev–Trinajstić information content (AvgIpc) is 2.79. The molecule has 1 aromatic carbocycles. The molecule has 6 heteroatoms. The number of rotatable bonds is 2. The van der Waals surface area contributed by atoms with Gasteiger partial charge in [-0.1, -0.05) is 11.6 Å². The summed E-state index contributed by atoms with van der Waals surface area (Å²) >= 11 is 10.8. The van der Waals surface area contributed by atoms with Crippen LogP contribution in [0.15, 0.2) is 27.5 Å². The fourth-order valence-corrected chi connectivity index (χ4v) is 2.51. The number of hydrogen-bond donors (Lipinski definition) is 1. The Morgan fingerprint density at radius 1 is 1.53 bits per heavy atom. The van der Waals surface area contributed by atoms with Crippen molar-refractivity contribution in [2.75, 3.05) is 5.32 Å². The second-order valence-electron chi connectivity index (χ2n) is 3.41. The Hall–Kier alpha value is -0.910. The van der Waals surface area contributed by atoms with E-state index in [-0.39, 0.29) is 5.91 Å². The Kier molecular flexibility index (Phi) is 3.81. The Bertz CT molecular complexity index is 557. The molecule has 2 aromatic rings. The molecule has 88 valence electrons. The van der Waals surface area contributed by atoms with Gasteiger partial charge in [0.05, 0.1) is 11.2 Å². The summed E-state index contributed by atoms with van der Waals surface area (Å²) in [6.45, 7) is 1.90. The van der Waals surface area contributed by atoms with Crippen molar-refractivity contribution in [3.05, 3.63) is 43.8 Å². The maximum atomic E-state index is 11.8. The third-order valence-corrected chi connectivity index (χ3v) is 3.81. The normalized spacial score (nSPS) is 10.3. The fraction of sp³-hybridized carbons (Fsp3) is 0.0909. The van der Waals surface area contributed by atoms with E-state index in [1.807, 2.05) is 13.0 Å². The molecular weight excluding hydrogens is 324 g/mol. The molecule has 2 rings (SSSR count). The van der Waals surface area contributed by atoms with E-state index in [9.17, 15) is 4.79 Å². The molecule has 3 nitrogen and oxygen atoms in total. The van der Waals surface area contributed by atoms with Crippen LogP contribution in [0.4, 0.5) is 5.69 Å². The molecule has 17 heavy (non-hydrogen) atoms. The van der Waals surface area contributed by atoms with Crippen LogP contribution in [0.25, 0.3) is 0 Å². The maximum Gasteiger partial charge on any atom is 0.275 e. The van der Waals surface area contributed by atoms with Crippen LogP contribution in [0.3, 0.4) is 0 Å². The van der Waals surface area contributed by atoms with Crippen molar-refractivity contribution in [1.82, 2.24) is 4.98 Å². The quantitative estimate of drug-likeness (QED) is 0.899. The van der Waals surface area contributed by atoms with Crippen LogP contribution in [0.2, 0.25) is 5.02 Å². The predicted octanol–water partition coefficient (Wildman–Crippen LogP) is 4.12. The highest BCUT2D eigenvalue weighted by molar-refractivity contribution is 9.10. The standard InChI is InChI=1S/C11H8BrClN2OS/c1-6-2-7(12)9(3-8(6)13)15-11(16)10-4-17-5-14-10/h2-5H,1H3,(H,15,16). The zero-order chi connectivity index (χ0) is 12.4. The lowest BCUT2D eigenvalue weighted by Crippen LogP contribution is -2.12. The molecule has 0 saturated carbocycles. The molecule has 0 radical (unpaired) electrons. The SMILES string of the molecule is Cc1cc(Br)c(NC(=O)c2cscn2)cc1Cl. The van der Waals surface area contributed by atoms with Crippen LogP contribution in [0.5, 0.6) is 0 Å². The predicted molar refractivity (Wildman–Crippen MR) is 74.0 cm³/mol. The number of nitrogens with one attached hydrogen (secondary N) is 1. The number of aromatic nitrogens is 1. The minimum absolute atomic E-state index is 0.244. The lowest BCUT2D eigenvalue weighted by atomic mass is 10.2. The third kappa shape index (κ3) is 2.86. The average molecular weight is 332 g/mol. The molecule has 0 fully saturated rings. The topological polar surface area (TPSA) is 42.0 Å². The first-order valence-electron chi connectivity index (χ1n) is 4.73. The minimum Gasteiger partial charge on any atom is -0.320 e. The molecular formula is C11H8BrClN2OS. The molecule has 0 aliphatic carbocycles. The van der Waals surface area contributed by atoms with E-state index >= 15 is 0 Å². The summed E-state index contributed by atoms with van der Waals surface area (Å²) in [5, 5.41) is 5.06. The zero-order valence-electron chi connectivity index (χ0n) is 8.83. The van der Waals surface area contributed by atoms with Gasteiger partial charge in [-0.2, -0.15) is 0 Å². The number of aryl methyl sites for hydroxylation is 1. The second kappa shape index (κ2) is 5.16. The molecule has 0 saturated heterocycles. The van der Waals surface area contributed by atoms with Gasteiger partial charge in [0.2, 0.25) is 0 Å². The van der Waals surface area contributed by atoms with Crippen molar-refractivity contribution in [3.63, 3.8) is 0 Å². The van der Waals surface area contributed by atoms with Crippen molar-refractivity contribution in [2.45, 2.75) is 6.92 Å². The maximum absolute atomic E-state index is 11.8. The van der Waals surface area contributed by atoms with E-state index in [2.05, 4.69) is 26.2 Å².